The first-order chi connectivity index (χ1) is 12.9. The van der Waals surface area contributed by atoms with Gasteiger partial charge in [-0.3, -0.25) is 4.99 Å². The third-order valence-electron chi connectivity index (χ3n) is 5.52. The van der Waals surface area contributed by atoms with Crippen LogP contribution in [0.5, 0.6) is 0 Å². The van der Waals surface area contributed by atoms with E-state index in [1.807, 2.05) is 0 Å². The maximum Gasteiger partial charge on any atom is 0.124 e. The van der Waals surface area contributed by atoms with Gasteiger partial charge in [0.05, 0.1) is 6.54 Å². The Morgan fingerprint density at radius 1 is 1.00 bits per heavy atom. The fourth-order valence-electron chi connectivity index (χ4n) is 4.00. The van der Waals surface area contributed by atoms with Crippen LogP contribution in [0, 0.1) is 0 Å². The minimum atomic E-state index is -0.347. The van der Waals surface area contributed by atoms with E-state index in [4.69, 9.17) is 4.99 Å². The summed E-state index contributed by atoms with van der Waals surface area (Å²) >= 11 is 0. The number of amidine groups is 1. The lowest BCUT2D eigenvalue weighted by atomic mass is 9.96. The van der Waals surface area contributed by atoms with Gasteiger partial charge in [-0.25, -0.2) is 0 Å². The van der Waals surface area contributed by atoms with E-state index in [1.54, 1.807) is 0 Å². The summed E-state index contributed by atoms with van der Waals surface area (Å²) in [6, 6.07) is 0.630. The normalized spacial score (nSPS) is 23.2. The Morgan fingerprint density at radius 2 is 1.85 bits per heavy atom. The van der Waals surface area contributed by atoms with Gasteiger partial charge in [-0.2, -0.15) is 0 Å². The predicted octanol–water partition coefficient (Wildman–Crippen LogP) is 6.67. The summed E-state index contributed by atoms with van der Waals surface area (Å²) in [5.41, 5.74) is 2.68. The lowest BCUT2D eigenvalue weighted by Gasteiger charge is -2.29. The van der Waals surface area contributed by atoms with Crippen molar-refractivity contribution in [1.82, 2.24) is 5.32 Å². The number of aliphatic imine (C=N–C) groups is 1. The van der Waals surface area contributed by atoms with Crippen LogP contribution < -0.4 is 5.32 Å². The second-order valence-corrected chi connectivity index (χ2v) is 10.0. The Hall–Kier alpha value is -1.14. The molecule has 3 aliphatic carbocycles. The molecule has 0 bridgehead atoms. The second kappa shape index (κ2) is 10.9. The smallest absolute Gasteiger partial charge is 0.124 e. The lowest BCUT2D eigenvalue weighted by Crippen LogP contribution is -2.36. The highest BCUT2D eigenvalue weighted by Crippen LogP contribution is 2.47. The average Bonchev–Trinajstić information content (AvgIpc) is 2.98. The van der Waals surface area contributed by atoms with Gasteiger partial charge in [0, 0.05) is 6.04 Å². The highest BCUT2D eigenvalue weighted by Gasteiger charge is 2.22. The van der Waals surface area contributed by atoms with Crippen molar-refractivity contribution in [3.63, 3.8) is 0 Å². The van der Waals surface area contributed by atoms with Gasteiger partial charge in [-0.1, -0.05) is 62.6 Å². The number of hydrogen-bond donors (Lipinski definition) is 1. The van der Waals surface area contributed by atoms with E-state index in [1.165, 1.54) is 86.8 Å². The van der Waals surface area contributed by atoms with Crippen molar-refractivity contribution in [1.29, 1.82) is 0 Å². The van der Waals surface area contributed by atoms with Crippen molar-refractivity contribution < 1.29 is 0 Å². The van der Waals surface area contributed by atoms with Crippen molar-refractivity contribution in [3.05, 3.63) is 47.3 Å². The van der Waals surface area contributed by atoms with Crippen LogP contribution in [0.25, 0.3) is 0 Å². The van der Waals surface area contributed by atoms with Crippen LogP contribution in [0.1, 0.15) is 71.1 Å². The van der Waals surface area contributed by atoms with E-state index in [-0.39, 0.29) is 7.92 Å². The van der Waals surface area contributed by atoms with E-state index in [9.17, 15) is 0 Å². The zero-order valence-electron chi connectivity index (χ0n) is 16.4. The van der Waals surface area contributed by atoms with Crippen LogP contribution in [-0.4, -0.2) is 24.3 Å². The van der Waals surface area contributed by atoms with Gasteiger partial charge >= 0.3 is 0 Å². The Kier molecular flexibility index (Phi) is 8.21. The molecule has 1 N–H and O–H groups in total. The maximum absolute atomic E-state index is 5.16. The Balaban J connectivity index is 1.78. The molecule has 0 saturated heterocycles. The lowest BCUT2D eigenvalue weighted by molar-refractivity contribution is 0.415. The van der Waals surface area contributed by atoms with Gasteiger partial charge in [-0.15, -0.1) is 0 Å². The topological polar surface area (TPSA) is 24.4 Å². The molecule has 0 aromatic heterocycles. The predicted molar refractivity (Wildman–Crippen MR) is 117 cm³/mol. The summed E-state index contributed by atoms with van der Waals surface area (Å²) in [6.45, 7) is 3.17. The molecule has 142 valence electrons. The molecule has 0 radical (unpaired) electrons. The van der Waals surface area contributed by atoms with Crippen molar-refractivity contribution in [2.24, 2.45) is 4.99 Å². The van der Waals surface area contributed by atoms with Gasteiger partial charge in [0.1, 0.15) is 5.58 Å². The van der Waals surface area contributed by atoms with E-state index in [0.29, 0.717) is 6.04 Å². The third kappa shape index (κ3) is 5.95. The van der Waals surface area contributed by atoms with Gasteiger partial charge in [0.15, 0.2) is 0 Å². The summed E-state index contributed by atoms with van der Waals surface area (Å²) in [6.07, 6.45) is 28.2. The number of nitrogens with one attached hydrogen (secondary N) is 1. The molecule has 3 heteroatoms. The first kappa shape index (κ1) is 19.6. The van der Waals surface area contributed by atoms with Crippen molar-refractivity contribution in [2.45, 2.75) is 77.2 Å². The number of rotatable bonds is 6. The Bertz CT molecular complexity index is 591. The molecule has 0 amide bonds. The molecular formula is C23H35N2P. The molecule has 1 atom stereocenters. The standard InChI is InChI=1S/C23H35N2P/c1-2-26(22-17-11-3-4-12-18-22)23(25-21-15-9-6-10-16-21)24-19-20-13-7-5-8-14-20/h7,11,13-14,17-18,21H,2-6,8-10,12,15-16,19H2,1H3,(H,24,25). The number of hydrogen-bond acceptors (Lipinski definition) is 1. The maximum atomic E-state index is 5.16. The minimum absolute atomic E-state index is 0.347. The molecule has 3 rings (SSSR count). The van der Waals surface area contributed by atoms with E-state index in [2.05, 4.69) is 48.7 Å². The number of allylic oxidation sites excluding steroid dienone is 6. The quantitative estimate of drug-likeness (QED) is 0.315. The molecule has 0 aliphatic heterocycles. The summed E-state index contributed by atoms with van der Waals surface area (Å²) in [7, 11) is -0.347. The van der Waals surface area contributed by atoms with Crippen LogP contribution in [0.2, 0.25) is 0 Å². The zero-order chi connectivity index (χ0) is 18.0. The minimum Gasteiger partial charge on any atom is -0.367 e. The highest BCUT2D eigenvalue weighted by molar-refractivity contribution is 7.78. The monoisotopic (exact) mass is 370 g/mol. The molecular weight excluding hydrogens is 335 g/mol. The summed E-state index contributed by atoms with van der Waals surface area (Å²) in [5.74, 6) is 0. The molecule has 3 aliphatic rings. The van der Waals surface area contributed by atoms with E-state index < -0.39 is 0 Å². The molecule has 1 unspecified atom stereocenters. The van der Waals surface area contributed by atoms with Crippen molar-refractivity contribution >= 4 is 13.5 Å². The molecule has 0 aromatic carbocycles. The molecule has 1 saturated carbocycles. The van der Waals surface area contributed by atoms with Gasteiger partial charge in [0.2, 0.25) is 0 Å². The Labute approximate surface area is 161 Å². The van der Waals surface area contributed by atoms with Crippen LogP contribution in [0.4, 0.5) is 0 Å². The van der Waals surface area contributed by atoms with Gasteiger partial charge in [0.25, 0.3) is 0 Å². The van der Waals surface area contributed by atoms with Gasteiger partial charge < -0.3 is 5.32 Å². The first-order valence-electron chi connectivity index (χ1n) is 10.7. The second-order valence-electron chi connectivity index (χ2n) is 7.58. The van der Waals surface area contributed by atoms with Crippen LogP contribution in [0.15, 0.2) is 52.3 Å². The number of nitrogens with zero attached hydrogens (tertiary/aromatic N) is 1. The summed E-state index contributed by atoms with van der Waals surface area (Å²) in [4.78, 5) is 5.16. The molecule has 1 fully saturated rings. The zero-order valence-corrected chi connectivity index (χ0v) is 17.3. The van der Waals surface area contributed by atoms with Crippen molar-refractivity contribution in [3.8, 4) is 0 Å². The highest BCUT2D eigenvalue weighted by atomic mass is 31.1. The molecule has 0 aromatic rings. The largest absolute Gasteiger partial charge is 0.367 e. The SMILES string of the molecule is CCP(C1=CCCCC=C1)C(=NCC1=CCCC=C1)NC1CCCCC1. The molecule has 0 heterocycles. The van der Waals surface area contributed by atoms with Crippen LogP contribution in [-0.2, 0) is 0 Å². The van der Waals surface area contributed by atoms with Crippen LogP contribution >= 0.6 is 7.92 Å². The molecule has 26 heavy (non-hydrogen) atoms. The summed E-state index contributed by atoms with van der Waals surface area (Å²) in [5, 5.41) is 5.45. The van der Waals surface area contributed by atoms with Gasteiger partial charge in [-0.05, 0) is 69.9 Å². The van der Waals surface area contributed by atoms with E-state index in [0.717, 1.165) is 6.54 Å². The molecule has 2 nitrogen and oxygen atoms in total. The Morgan fingerprint density at radius 3 is 2.62 bits per heavy atom. The third-order valence-corrected chi connectivity index (χ3v) is 7.89. The van der Waals surface area contributed by atoms with Crippen LogP contribution in [0.3, 0.4) is 0 Å². The summed E-state index contributed by atoms with van der Waals surface area (Å²) < 4.78 is 0. The average molecular weight is 371 g/mol. The first-order valence-corrected chi connectivity index (χ1v) is 12.2. The van der Waals surface area contributed by atoms with Crippen molar-refractivity contribution in [2.75, 3.05) is 12.7 Å². The molecule has 0 spiro atoms. The fourth-order valence-corrected chi connectivity index (χ4v) is 6.13. The fraction of sp³-hybridized carbons (Fsp3) is 0.609. The van der Waals surface area contributed by atoms with E-state index >= 15 is 0 Å².